The highest BCUT2D eigenvalue weighted by atomic mass is 16.3. The van der Waals surface area contributed by atoms with E-state index in [1.807, 2.05) is 12.1 Å². The first-order valence-corrected chi connectivity index (χ1v) is 10.1. The molecule has 3 N–H and O–H groups in total. The molecule has 0 amide bonds. The zero-order chi connectivity index (χ0) is 20.0. The van der Waals surface area contributed by atoms with Crippen LogP contribution in [0.2, 0.25) is 0 Å². The van der Waals surface area contributed by atoms with Gasteiger partial charge in [-0.15, -0.1) is 0 Å². The third-order valence-corrected chi connectivity index (χ3v) is 6.09. The molecule has 2 heterocycles. The Bertz CT molecular complexity index is 1060. The summed E-state index contributed by atoms with van der Waals surface area (Å²) in [5, 5.41) is 11.4. The second-order valence-corrected chi connectivity index (χ2v) is 8.15. The van der Waals surface area contributed by atoms with Crippen molar-refractivity contribution in [3.63, 3.8) is 0 Å². The van der Waals surface area contributed by atoms with Crippen molar-refractivity contribution in [2.24, 2.45) is 16.6 Å². The van der Waals surface area contributed by atoms with Gasteiger partial charge in [-0.2, -0.15) is 0 Å². The van der Waals surface area contributed by atoms with E-state index in [4.69, 9.17) is 15.1 Å². The number of aryl methyl sites for hydroxylation is 1. The lowest BCUT2D eigenvalue weighted by Gasteiger charge is -2.34. The predicted octanol–water partition coefficient (Wildman–Crippen LogP) is 4.01. The second kappa shape index (κ2) is 6.78. The maximum atomic E-state index is 11.4. The molecular formula is C24H25N3O2. The molecule has 2 aromatic carbocycles. The van der Waals surface area contributed by atoms with Gasteiger partial charge >= 0.3 is 0 Å². The van der Waals surface area contributed by atoms with E-state index >= 15 is 0 Å². The molecule has 2 atom stereocenters. The molecule has 148 valence electrons. The molecule has 5 heteroatoms. The highest BCUT2D eigenvalue weighted by molar-refractivity contribution is 5.82. The Labute approximate surface area is 170 Å². The fourth-order valence-electron chi connectivity index (χ4n) is 4.47. The number of nitrogens with two attached hydrogens (primary N) is 1. The number of benzene rings is 2. The van der Waals surface area contributed by atoms with Crippen LogP contribution in [-0.4, -0.2) is 22.2 Å². The highest BCUT2D eigenvalue weighted by Crippen LogP contribution is 2.53. The summed E-state index contributed by atoms with van der Waals surface area (Å²) in [6.45, 7) is 2.57. The molecule has 1 saturated carbocycles. The number of aliphatic imine (C=N–C) groups is 1. The molecule has 5 nitrogen and oxygen atoms in total. The van der Waals surface area contributed by atoms with E-state index in [1.165, 1.54) is 5.56 Å². The highest BCUT2D eigenvalue weighted by Gasteiger charge is 2.57. The number of nitrogens with zero attached hydrogens (tertiary/aromatic N) is 2. The summed E-state index contributed by atoms with van der Waals surface area (Å²) in [5.74, 6) is 0.671. The molecule has 1 fully saturated rings. The molecule has 5 rings (SSSR count). The van der Waals surface area contributed by atoms with Gasteiger partial charge in [0.05, 0.1) is 19.1 Å². The Hall–Kier alpha value is -3.05. The second-order valence-electron chi connectivity index (χ2n) is 8.15. The molecule has 0 saturated heterocycles. The number of rotatable bonds is 5. The maximum absolute atomic E-state index is 11.4. The largest absolute Gasteiger partial charge is 0.472 e. The molecule has 0 spiro atoms. The van der Waals surface area contributed by atoms with Crippen LogP contribution in [-0.2, 0) is 12.1 Å². The van der Waals surface area contributed by atoms with Gasteiger partial charge in [0.1, 0.15) is 5.54 Å². The van der Waals surface area contributed by atoms with Gasteiger partial charge in [-0.1, -0.05) is 48.0 Å². The van der Waals surface area contributed by atoms with Gasteiger partial charge in [-0.3, -0.25) is 0 Å². The van der Waals surface area contributed by atoms with Crippen molar-refractivity contribution in [3.8, 4) is 11.1 Å². The zero-order valence-corrected chi connectivity index (χ0v) is 16.5. The number of aliphatic hydroxyl groups is 1. The normalized spacial score (nSPS) is 24.0. The average Bonchev–Trinajstić information content (AvgIpc) is 3.39. The standard InChI is InChI=1S/C24H25N3O2/c1-16-4-2-5-18(12-16)19-6-3-7-21(13-19)24(20-8-9-20)22(28)27(23(25)26-24)14-17-10-11-29-15-17/h2-7,10-13,15,20,22,28H,8-9,14H2,1H3,(H2,25,26). The van der Waals surface area contributed by atoms with E-state index in [2.05, 4.69) is 49.4 Å². The van der Waals surface area contributed by atoms with Gasteiger partial charge in [0.25, 0.3) is 0 Å². The number of hydrogen-bond donors (Lipinski definition) is 2. The molecule has 1 aliphatic carbocycles. The Balaban J connectivity index is 1.55. The van der Waals surface area contributed by atoms with Gasteiger partial charge in [0.15, 0.2) is 12.2 Å². The number of aliphatic hydroxyl groups excluding tert-OH is 1. The third-order valence-electron chi connectivity index (χ3n) is 6.09. The summed E-state index contributed by atoms with van der Waals surface area (Å²) in [6, 6.07) is 18.7. The molecular weight excluding hydrogens is 362 g/mol. The van der Waals surface area contributed by atoms with Crippen LogP contribution in [0.1, 0.15) is 29.5 Å². The molecule has 2 unspecified atom stereocenters. The fourth-order valence-corrected chi connectivity index (χ4v) is 4.47. The van der Waals surface area contributed by atoms with Gasteiger partial charge in [0, 0.05) is 5.56 Å². The number of furan rings is 1. The summed E-state index contributed by atoms with van der Waals surface area (Å²) in [4.78, 5) is 6.67. The average molecular weight is 387 g/mol. The summed E-state index contributed by atoms with van der Waals surface area (Å²) < 4.78 is 5.18. The SMILES string of the molecule is Cc1cccc(-c2cccc(C3(C4CC4)N=C(N)N(Cc4ccoc4)C3O)c2)c1. The van der Waals surface area contributed by atoms with Crippen molar-refractivity contribution >= 4 is 5.96 Å². The van der Waals surface area contributed by atoms with Gasteiger partial charge in [-0.25, -0.2) is 4.99 Å². The number of hydrogen-bond acceptors (Lipinski definition) is 5. The Morgan fingerprint density at radius 2 is 1.90 bits per heavy atom. The van der Waals surface area contributed by atoms with Crippen LogP contribution < -0.4 is 5.73 Å². The van der Waals surface area contributed by atoms with E-state index in [0.29, 0.717) is 12.5 Å². The minimum absolute atomic E-state index is 0.290. The lowest BCUT2D eigenvalue weighted by Crippen LogP contribution is -2.47. The first kappa shape index (κ1) is 18.0. The van der Waals surface area contributed by atoms with Crippen molar-refractivity contribution < 1.29 is 9.52 Å². The van der Waals surface area contributed by atoms with Crippen LogP contribution in [0.3, 0.4) is 0 Å². The molecule has 2 aliphatic rings. The molecule has 1 aromatic heterocycles. The van der Waals surface area contributed by atoms with E-state index in [-0.39, 0.29) is 5.92 Å². The summed E-state index contributed by atoms with van der Waals surface area (Å²) in [5.41, 5.74) is 11.1. The Morgan fingerprint density at radius 3 is 2.59 bits per heavy atom. The fraction of sp³-hybridized carbons (Fsp3) is 0.292. The van der Waals surface area contributed by atoms with E-state index in [0.717, 1.165) is 35.1 Å². The lowest BCUT2D eigenvalue weighted by molar-refractivity contribution is -0.0104. The first-order chi connectivity index (χ1) is 14.1. The van der Waals surface area contributed by atoms with E-state index < -0.39 is 11.8 Å². The van der Waals surface area contributed by atoms with Gasteiger partial charge in [0.2, 0.25) is 0 Å². The predicted molar refractivity (Wildman–Crippen MR) is 113 cm³/mol. The monoisotopic (exact) mass is 387 g/mol. The van der Waals surface area contributed by atoms with Crippen molar-refractivity contribution in [2.45, 2.75) is 38.1 Å². The maximum Gasteiger partial charge on any atom is 0.194 e. The Morgan fingerprint density at radius 1 is 1.14 bits per heavy atom. The van der Waals surface area contributed by atoms with Crippen molar-refractivity contribution in [3.05, 3.63) is 83.8 Å². The van der Waals surface area contributed by atoms with Crippen LogP contribution >= 0.6 is 0 Å². The van der Waals surface area contributed by atoms with Crippen molar-refractivity contribution in [1.29, 1.82) is 0 Å². The van der Waals surface area contributed by atoms with Gasteiger partial charge < -0.3 is 20.2 Å². The molecule has 1 aliphatic heterocycles. The molecule has 0 radical (unpaired) electrons. The van der Waals surface area contributed by atoms with Crippen LogP contribution in [0.25, 0.3) is 11.1 Å². The van der Waals surface area contributed by atoms with Crippen LogP contribution in [0.4, 0.5) is 0 Å². The van der Waals surface area contributed by atoms with Crippen LogP contribution in [0, 0.1) is 12.8 Å². The molecule has 0 bridgehead atoms. The number of guanidine groups is 1. The minimum atomic E-state index is -0.808. The quantitative estimate of drug-likeness (QED) is 0.694. The Kier molecular flexibility index (Phi) is 4.21. The topological polar surface area (TPSA) is 75.0 Å². The summed E-state index contributed by atoms with van der Waals surface area (Å²) in [7, 11) is 0. The summed E-state index contributed by atoms with van der Waals surface area (Å²) >= 11 is 0. The molecule has 29 heavy (non-hydrogen) atoms. The van der Waals surface area contributed by atoms with Crippen molar-refractivity contribution in [2.75, 3.05) is 0 Å². The smallest absolute Gasteiger partial charge is 0.194 e. The van der Waals surface area contributed by atoms with Crippen molar-refractivity contribution in [1.82, 2.24) is 4.90 Å². The van der Waals surface area contributed by atoms with E-state index in [1.54, 1.807) is 17.4 Å². The van der Waals surface area contributed by atoms with Crippen LogP contribution in [0.5, 0.6) is 0 Å². The first-order valence-electron chi connectivity index (χ1n) is 10.1. The minimum Gasteiger partial charge on any atom is -0.472 e. The van der Waals surface area contributed by atoms with Gasteiger partial charge in [-0.05, 0) is 54.5 Å². The zero-order valence-electron chi connectivity index (χ0n) is 16.5. The molecule has 3 aromatic rings. The lowest BCUT2D eigenvalue weighted by atomic mass is 9.82. The van der Waals surface area contributed by atoms with Crippen LogP contribution in [0.15, 0.2) is 76.5 Å². The third kappa shape index (κ3) is 3.02. The summed E-state index contributed by atoms with van der Waals surface area (Å²) in [6.07, 6.45) is 4.59. The van der Waals surface area contributed by atoms with E-state index in [9.17, 15) is 5.11 Å².